The molecule has 5 rings (SSSR count). The first-order valence-corrected chi connectivity index (χ1v) is 17.7. The second kappa shape index (κ2) is 17.5. The number of nitrogens with zero attached hydrogens (tertiary/aromatic N) is 3. The third-order valence-corrected chi connectivity index (χ3v) is 10.3. The molecule has 0 radical (unpaired) electrons. The average molecular weight is 697 g/mol. The molecule has 4 aliphatic rings. The fraction of sp³-hybridized carbons (Fsp3) is 0.622. The highest BCUT2D eigenvalue weighted by atomic mass is 16.6. The Balaban J connectivity index is 1.42. The van der Waals surface area contributed by atoms with Crippen LogP contribution in [-0.2, 0) is 38.1 Å². The zero-order valence-electron chi connectivity index (χ0n) is 29.1. The van der Waals surface area contributed by atoms with Gasteiger partial charge in [-0.05, 0) is 31.2 Å². The minimum Gasteiger partial charge on any atom is -0.455 e. The molecule has 1 spiro atoms. The van der Waals surface area contributed by atoms with Crippen LogP contribution in [-0.4, -0.2) is 140 Å². The second-order valence-corrected chi connectivity index (χ2v) is 13.4. The maximum Gasteiger partial charge on any atom is 0.313 e. The van der Waals surface area contributed by atoms with Crippen molar-refractivity contribution in [2.24, 2.45) is 11.8 Å². The summed E-state index contributed by atoms with van der Waals surface area (Å²) in [6, 6.07) is 7.42. The molecule has 3 amide bonds. The van der Waals surface area contributed by atoms with E-state index in [2.05, 4.69) is 23.4 Å². The van der Waals surface area contributed by atoms with Gasteiger partial charge in [-0.1, -0.05) is 42.5 Å². The van der Waals surface area contributed by atoms with E-state index in [-0.39, 0.29) is 56.9 Å². The molecular formula is C37H52N4O9. The number of ether oxygens (including phenoxy) is 4. The number of likely N-dealkylation sites (tertiary alicyclic amines) is 1. The Morgan fingerprint density at radius 2 is 1.92 bits per heavy atom. The Morgan fingerprint density at radius 3 is 2.60 bits per heavy atom. The predicted octanol–water partition coefficient (Wildman–Crippen LogP) is 1.47. The molecule has 0 aliphatic carbocycles. The lowest BCUT2D eigenvalue weighted by atomic mass is 9.70. The number of hydrogen-bond acceptors (Lipinski definition) is 10. The summed E-state index contributed by atoms with van der Waals surface area (Å²) < 4.78 is 23.8. The van der Waals surface area contributed by atoms with E-state index in [0.717, 1.165) is 13.1 Å². The van der Waals surface area contributed by atoms with Crippen LogP contribution in [0.5, 0.6) is 0 Å². The smallest absolute Gasteiger partial charge is 0.313 e. The minimum atomic E-state index is -1.22. The maximum atomic E-state index is 14.6. The van der Waals surface area contributed by atoms with E-state index in [4.69, 9.17) is 18.9 Å². The monoisotopic (exact) mass is 696 g/mol. The third kappa shape index (κ3) is 7.97. The SMILES string of the molecule is C=CCCC(=O)N[C@H](COC)[C@H](OC(=O)[C@@H]1[C@H]2C(=O)N(CCCO)[C@H](C(=O)N(CC=C)CCN3CCOCC3)[C@]23CC[C@H]1O3)c1ccccc1. The molecule has 2 N–H and O–H groups in total. The van der Waals surface area contributed by atoms with E-state index >= 15 is 0 Å². The number of hydrogen-bond donors (Lipinski definition) is 2. The number of allylic oxidation sites excluding steroid dienone is 1. The third-order valence-electron chi connectivity index (χ3n) is 10.3. The molecule has 13 nitrogen and oxygen atoms in total. The highest BCUT2D eigenvalue weighted by Gasteiger charge is 2.75. The molecule has 13 heteroatoms. The van der Waals surface area contributed by atoms with Gasteiger partial charge < -0.3 is 39.2 Å². The van der Waals surface area contributed by atoms with Gasteiger partial charge in [-0.15, -0.1) is 13.2 Å². The normalized spacial score (nSPS) is 27.0. The molecule has 0 aromatic heterocycles. The van der Waals surface area contributed by atoms with Crippen molar-refractivity contribution in [2.45, 2.75) is 62.0 Å². The van der Waals surface area contributed by atoms with Crippen molar-refractivity contribution in [3.63, 3.8) is 0 Å². The van der Waals surface area contributed by atoms with Crippen LogP contribution in [0, 0.1) is 11.8 Å². The molecule has 0 unspecified atom stereocenters. The standard InChI is InChI=1S/C37H52N4O9/c1-4-6-13-29(43)38-27(25-47-3)32(26-11-8-7-9-12-26)49-36(46)30-28-14-15-37(50-28)31(30)34(44)41(17-10-22-42)33(37)35(45)40(16-5-2)19-18-39-20-23-48-24-21-39/h4-5,7-9,11-12,27-28,30-33,42H,1-2,6,10,13-25H2,3H3,(H,38,43)/t27-,28-,30+,31+,32-,33-,37+/m1/s1. The Bertz CT molecular complexity index is 1360. The van der Waals surface area contributed by atoms with Crippen LogP contribution in [0.3, 0.4) is 0 Å². The summed E-state index contributed by atoms with van der Waals surface area (Å²) in [4.78, 5) is 61.6. The van der Waals surface area contributed by atoms with Crippen molar-refractivity contribution in [3.05, 3.63) is 61.2 Å². The maximum absolute atomic E-state index is 14.6. The first-order valence-electron chi connectivity index (χ1n) is 17.7. The van der Waals surface area contributed by atoms with Crippen molar-refractivity contribution in [3.8, 4) is 0 Å². The van der Waals surface area contributed by atoms with Crippen LogP contribution in [0.4, 0.5) is 0 Å². The lowest BCUT2D eigenvalue weighted by Gasteiger charge is -2.37. The van der Waals surface area contributed by atoms with Gasteiger partial charge in [-0.2, -0.15) is 0 Å². The Labute approximate surface area is 294 Å². The molecule has 50 heavy (non-hydrogen) atoms. The minimum absolute atomic E-state index is 0.0681. The Morgan fingerprint density at radius 1 is 1.16 bits per heavy atom. The van der Waals surface area contributed by atoms with Gasteiger partial charge in [0.25, 0.3) is 0 Å². The molecule has 4 aliphatic heterocycles. The van der Waals surface area contributed by atoms with Crippen molar-refractivity contribution in [1.29, 1.82) is 0 Å². The van der Waals surface area contributed by atoms with Gasteiger partial charge in [0.15, 0.2) is 0 Å². The van der Waals surface area contributed by atoms with E-state index in [1.807, 2.05) is 30.3 Å². The fourth-order valence-electron chi connectivity index (χ4n) is 8.01. The molecule has 7 atom stereocenters. The first kappa shape index (κ1) is 37.6. The number of benzene rings is 1. The Kier molecular flexibility index (Phi) is 13.2. The summed E-state index contributed by atoms with van der Waals surface area (Å²) in [7, 11) is 1.51. The average Bonchev–Trinajstić information content (AvgIpc) is 3.78. The van der Waals surface area contributed by atoms with Crippen LogP contribution in [0.1, 0.15) is 43.8 Å². The molecular weight excluding hydrogens is 644 g/mol. The summed E-state index contributed by atoms with van der Waals surface area (Å²) in [6.07, 6.45) is 3.67. The van der Waals surface area contributed by atoms with Gasteiger partial charge in [0.2, 0.25) is 17.7 Å². The molecule has 2 bridgehead atoms. The lowest BCUT2D eigenvalue weighted by molar-refractivity contribution is -0.163. The number of carbonyl (C=O) groups excluding carboxylic acids is 4. The number of methoxy groups -OCH3 is 1. The summed E-state index contributed by atoms with van der Waals surface area (Å²) in [6.45, 7) is 11.8. The van der Waals surface area contributed by atoms with Crippen LogP contribution in [0.25, 0.3) is 0 Å². The molecule has 4 fully saturated rings. The quantitative estimate of drug-likeness (QED) is 0.161. The Hall–Kier alpha value is -3.62. The van der Waals surface area contributed by atoms with Gasteiger partial charge in [-0.25, -0.2) is 0 Å². The number of fused-ring (bicyclic) bond motifs is 1. The van der Waals surface area contributed by atoms with Gasteiger partial charge in [0.05, 0.1) is 43.8 Å². The predicted molar refractivity (Wildman–Crippen MR) is 184 cm³/mol. The number of aliphatic hydroxyl groups excluding tert-OH is 1. The number of amides is 3. The van der Waals surface area contributed by atoms with E-state index in [9.17, 15) is 24.3 Å². The number of nitrogens with one attached hydrogen (secondary N) is 1. The van der Waals surface area contributed by atoms with Gasteiger partial charge in [0.1, 0.15) is 17.7 Å². The van der Waals surface area contributed by atoms with Crippen molar-refractivity contribution in [1.82, 2.24) is 20.0 Å². The number of carbonyl (C=O) groups is 4. The number of morpholine rings is 1. The number of esters is 1. The summed E-state index contributed by atoms with van der Waals surface area (Å²) in [5.41, 5.74) is -0.565. The summed E-state index contributed by atoms with van der Waals surface area (Å²) in [5, 5.41) is 12.7. The van der Waals surface area contributed by atoms with Crippen molar-refractivity contribution >= 4 is 23.7 Å². The van der Waals surface area contributed by atoms with E-state index < -0.39 is 47.7 Å². The highest BCUT2D eigenvalue weighted by molar-refractivity contribution is 5.98. The molecule has 1 aromatic carbocycles. The molecule has 274 valence electrons. The first-order chi connectivity index (χ1) is 24.3. The highest BCUT2D eigenvalue weighted by Crippen LogP contribution is 2.59. The van der Waals surface area contributed by atoms with E-state index in [1.165, 1.54) is 12.0 Å². The van der Waals surface area contributed by atoms with Crippen molar-refractivity contribution < 1.29 is 43.2 Å². The van der Waals surface area contributed by atoms with E-state index in [0.29, 0.717) is 51.1 Å². The van der Waals surface area contributed by atoms with E-state index in [1.54, 1.807) is 17.1 Å². The zero-order valence-corrected chi connectivity index (χ0v) is 29.1. The number of rotatable bonds is 19. The van der Waals surface area contributed by atoms with Crippen LogP contribution in [0.2, 0.25) is 0 Å². The summed E-state index contributed by atoms with van der Waals surface area (Å²) >= 11 is 0. The molecule has 0 saturated carbocycles. The van der Waals surface area contributed by atoms with Gasteiger partial charge in [0, 0.05) is 59.4 Å². The van der Waals surface area contributed by atoms with Crippen LogP contribution in [0.15, 0.2) is 55.6 Å². The lowest BCUT2D eigenvalue weighted by Crippen LogP contribution is -2.57. The zero-order chi connectivity index (χ0) is 35.7. The van der Waals surface area contributed by atoms with Gasteiger partial charge >= 0.3 is 5.97 Å². The molecule has 1 aromatic rings. The van der Waals surface area contributed by atoms with Crippen LogP contribution < -0.4 is 5.32 Å². The largest absolute Gasteiger partial charge is 0.455 e. The molecule has 4 heterocycles. The molecule has 4 saturated heterocycles. The van der Waals surface area contributed by atoms with Crippen LogP contribution >= 0.6 is 0 Å². The number of aliphatic hydroxyl groups is 1. The fourth-order valence-corrected chi connectivity index (χ4v) is 8.01. The second-order valence-electron chi connectivity index (χ2n) is 13.4. The van der Waals surface area contributed by atoms with Crippen molar-refractivity contribution in [2.75, 3.05) is 72.8 Å². The van der Waals surface area contributed by atoms with Gasteiger partial charge in [-0.3, -0.25) is 24.1 Å². The summed E-state index contributed by atoms with van der Waals surface area (Å²) in [5.74, 6) is -3.38. The topological polar surface area (TPSA) is 147 Å².